The second kappa shape index (κ2) is 8.74. The first-order valence-electron chi connectivity index (χ1n) is 8.59. The predicted molar refractivity (Wildman–Crippen MR) is 98.3 cm³/mol. The van der Waals surface area contributed by atoms with Crippen molar-refractivity contribution < 1.29 is 32.9 Å². The van der Waals surface area contributed by atoms with Gasteiger partial charge in [-0.3, -0.25) is 4.68 Å². The van der Waals surface area contributed by atoms with E-state index in [4.69, 9.17) is 18.9 Å². The first-order chi connectivity index (χ1) is 13.9. The van der Waals surface area contributed by atoms with Crippen molar-refractivity contribution in [1.82, 2.24) is 9.78 Å². The molecular weight excluding hydrogens is 385 g/mol. The summed E-state index contributed by atoms with van der Waals surface area (Å²) in [7, 11) is 4.15. The lowest BCUT2D eigenvalue weighted by atomic mass is 10.1. The Bertz CT molecular complexity index is 955. The van der Waals surface area contributed by atoms with Crippen LogP contribution in [-0.2, 0) is 37.5 Å². The van der Waals surface area contributed by atoms with Crippen molar-refractivity contribution in [2.75, 3.05) is 32.5 Å². The minimum Gasteiger partial charge on any atom is -0.487 e. The van der Waals surface area contributed by atoms with Gasteiger partial charge < -0.3 is 23.8 Å². The largest absolute Gasteiger partial charge is 0.487 e. The number of benzene rings is 1. The zero-order valence-electron chi connectivity index (χ0n) is 16.2. The number of rotatable bonds is 6. The number of anilines is 1. The molecule has 0 atom stereocenters. The third kappa shape index (κ3) is 4.37. The van der Waals surface area contributed by atoms with Crippen LogP contribution in [0.25, 0.3) is 0 Å². The Hall–Kier alpha value is -3.40. The highest BCUT2D eigenvalue weighted by Gasteiger charge is 2.33. The van der Waals surface area contributed by atoms with Crippen LogP contribution in [0.2, 0.25) is 0 Å². The second-order valence-corrected chi connectivity index (χ2v) is 6.14. The molecule has 0 unspecified atom stereocenters. The Kier molecular flexibility index (Phi) is 6.13. The van der Waals surface area contributed by atoms with E-state index in [9.17, 15) is 14.0 Å². The van der Waals surface area contributed by atoms with Gasteiger partial charge in [-0.05, 0) is 12.1 Å². The van der Waals surface area contributed by atoms with Crippen LogP contribution in [0.15, 0.2) is 41.9 Å². The van der Waals surface area contributed by atoms with Gasteiger partial charge in [0, 0.05) is 24.9 Å². The fraction of sp³-hybridized carbons (Fsp3) is 0.316. The topological polar surface area (TPSA) is 92.1 Å². The second-order valence-electron chi connectivity index (χ2n) is 6.14. The average Bonchev–Trinajstić information content (AvgIpc) is 3.16. The summed E-state index contributed by atoms with van der Waals surface area (Å²) < 4.78 is 36.5. The van der Waals surface area contributed by atoms with Gasteiger partial charge in [0.05, 0.1) is 38.3 Å². The number of halogens is 1. The van der Waals surface area contributed by atoms with E-state index in [0.29, 0.717) is 0 Å². The summed E-state index contributed by atoms with van der Waals surface area (Å²) in [5, 5.41) is 4.07. The number of hydrogen-bond acceptors (Lipinski definition) is 8. The zero-order chi connectivity index (χ0) is 21.0. The number of carbonyl (C=O) groups is 2. The molecule has 1 aromatic carbocycles. The number of methoxy groups -OCH3 is 2. The standard InChI is InChI=1S/C19H20FN3O6/c1-22-8-12(7-21-22)9-29-16-5-4-13(20)6-15(16)23-11-28-10-14(18(24)26-2)17(23)19(25)27-3/h4-8H,9-11H2,1-3H3. The fourth-order valence-corrected chi connectivity index (χ4v) is 2.86. The van der Waals surface area contributed by atoms with E-state index in [0.717, 1.165) is 5.56 Å². The monoisotopic (exact) mass is 405 g/mol. The van der Waals surface area contributed by atoms with E-state index in [-0.39, 0.29) is 42.7 Å². The number of aryl methyl sites for hydroxylation is 1. The molecule has 0 radical (unpaired) electrons. The SMILES string of the molecule is COC(=O)C1=C(C(=O)OC)N(c2cc(F)ccc2OCc2cnn(C)c2)COC1. The van der Waals surface area contributed by atoms with Crippen LogP contribution in [0.3, 0.4) is 0 Å². The van der Waals surface area contributed by atoms with Crippen molar-refractivity contribution >= 4 is 17.6 Å². The fourth-order valence-electron chi connectivity index (χ4n) is 2.86. The van der Waals surface area contributed by atoms with Crippen molar-refractivity contribution in [3.8, 4) is 5.75 Å². The van der Waals surface area contributed by atoms with Gasteiger partial charge in [-0.1, -0.05) is 0 Å². The Morgan fingerprint density at radius 1 is 1.24 bits per heavy atom. The Morgan fingerprint density at radius 2 is 2.00 bits per heavy atom. The molecule has 0 spiro atoms. The van der Waals surface area contributed by atoms with Crippen molar-refractivity contribution in [3.05, 3.63) is 53.2 Å². The lowest BCUT2D eigenvalue weighted by Gasteiger charge is -2.32. The molecule has 0 saturated heterocycles. The van der Waals surface area contributed by atoms with Crippen LogP contribution in [0.1, 0.15) is 5.56 Å². The molecule has 10 heteroatoms. The highest BCUT2D eigenvalue weighted by Crippen LogP contribution is 2.35. The van der Waals surface area contributed by atoms with Crippen LogP contribution in [0.4, 0.5) is 10.1 Å². The van der Waals surface area contributed by atoms with E-state index in [2.05, 4.69) is 5.10 Å². The molecule has 1 aromatic heterocycles. The molecule has 0 aliphatic carbocycles. The molecule has 0 bridgehead atoms. The number of nitrogens with zero attached hydrogens (tertiary/aromatic N) is 3. The van der Waals surface area contributed by atoms with Crippen LogP contribution < -0.4 is 9.64 Å². The average molecular weight is 405 g/mol. The van der Waals surface area contributed by atoms with E-state index in [1.807, 2.05) is 0 Å². The van der Waals surface area contributed by atoms with E-state index in [1.54, 1.807) is 24.1 Å². The van der Waals surface area contributed by atoms with Crippen molar-refractivity contribution in [1.29, 1.82) is 0 Å². The molecule has 3 rings (SSSR count). The summed E-state index contributed by atoms with van der Waals surface area (Å²) in [6.45, 7) is -0.0886. The van der Waals surface area contributed by atoms with Gasteiger partial charge in [0.1, 0.15) is 30.6 Å². The number of esters is 2. The van der Waals surface area contributed by atoms with Gasteiger partial charge in [0.2, 0.25) is 0 Å². The number of hydrogen-bond donors (Lipinski definition) is 0. The highest BCUT2D eigenvalue weighted by atomic mass is 19.1. The quantitative estimate of drug-likeness (QED) is 0.669. The van der Waals surface area contributed by atoms with E-state index >= 15 is 0 Å². The lowest BCUT2D eigenvalue weighted by molar-refractivity contribution is -0.140. The Morgan fingerprint density at radius 3 is 2.66 bits per heavy atom. The molecule has 154 valence electrons. The molecule has 0 saturated carbocycles. The Labute approximate surface area is 166 Å². The molecule has 2 aromatic rings. The molecular formula is C19H20FN3O6. The van der Waals surface area contributed by atoms with Gasteiger partial charge in [0.25, 0.3) is 0 Å². The lowest BCUT2D eigenvalue weighted by Crippen LogP contribution is -2.39. The normalized spacial score (nSPS) is 14.0. The molecule has 2 heterocycles. The van der Waals surface area contributed by atoms with Gasteiger partial charge in [-0.25, -0.2) is 14.0 Å². The third-order valence-corrected chi connectivity index (χ3v) is 4.20. The molecule has 29 heavy (non-hydrogen) atoms. The van der Waals surface area contributed by atoms with Gasteiger partial charge in [-0.15, -0.1) is 0 Å². The van der Waals surface area contributed by atoms with Crippen LogP contribution in [0.5, 0.6) is 5.75 Å². The van der Waals surface area contributed by atoms with Crippen molar-refractivity contribution in [3.63, 3.8) is 0 Å². The number of ether oxygens (including phenoxy) is 4. The van der Waals surface area contributed by atoms with Crippen LogP contribution in [0, 0.1) is 5.82 Å². The zero-order valence-corrected chi connectivity index (χ0v) is 16.2. The highest BCUT2D eigenvalue weighted by molar-refractivity contribution is 6.03. The molecule has 9 nitrogen and oxygen atoms in total. The molecule has 0 fully saturated rings. The van der Waals surface area contributed by atoms with Crippen LogP contribution >= 0.6 is 0 Å². The van der Waals surface area contributed by atoms with Gasteiger partial charge in [-0.2, -0.15) is 5.10 Å². The predicted octanol–water partition coefficient (Wildman–Crippen LogP) is 1.53. The molecule has 0 N–H and O–H groups in total. The summed E-state index contributed by atoms with van der Waals surface area (Å²) in [6.07, 6.45) is 3.42. The van der Waals surface area contributed by atoms with Crippen molar-refractivity contribution in [2.45, 2.75) is 6.61 Å². The van der Waals surface area contributed by atoms with E-state index in [1.165, 1.54) is 37.3 Å². The summed E-state index contributed by atoms with van der Waals surface area (Å²) in [5.74, 6) is -1.80. The molecule has 1 aliphatic heterocycles. The maximum atomic E-state index is 14.0. The smallest absolute Gasteiger partial charge is 0.355 e. The van der Waals surface area contributed by atoms with Crippen LogP contribution in [-0.4, -0.2) is 49.3 Å². The van der Waals surface area contributed by atoms with Gasteiger partial charge >= 0.3 is 11.9 Å². The summed E-state index contributed by atoms with van der Waals surface area (Å²) in [4.78, 5) is 25.9. The minimum absolute atomic E-state index is 0.0342. The number of carbonyl (C=O) groups excluding carboxylic acids is 2. The maximum absolute atomic E-state index is 14.0. The van der Waals surface area contributed by atoms with E-state index < -0.39 is 17.8 Å². The molecule has 0 amide bonds. The first kappa shape index (κ1) is 20.3. The minimum atomic E-state index is -0.781. The summed E-state index contributed by atoms with van der Waals surface area (Å²) >= 11 is 0. The number of aromatic nitrogens is 2. The Balaban J connectivity index is 2.01. The third-order valence-electron chi connectivity index (χ3n) is 4.20. The summed E-state index contributed by atoms with van der Waals surface area (Å²) in [6, 6.07) is 3.85. The maximum Gasteiger partial charge on any atom is 0.355 e. The van der Waals surface area contributed by atoms with Crippen molar-refractivity contribution in [2.24, 2.45) is 7.05 Å². The van der Waals surface area contributed by atoms with Gasteiger partial charge in [0.15, 0.2) is 0 Å². The molecule has 1 aliphatic rings. The summed E-state index contributed by atoms with van der Waals surface area (Å²) in [5.41, 5.74) is 0.877. The first-order valence-corrected chi connectivity index (χ1v) is 8.59.